The number of amides is 4. The lowest BCUT2D eigenvalue weighted by molar-refractivity contribution is -0.143. The average molecular weight is 310 g/mol. The summed E-state index contributed by atoms with van der Waals surface area (Å²) in [7, 11) is 0. The van der Waals surface area contributed by atoms with Crippen LogP contribution < -0.4 is 16.4 Å². The molecule has 0 aromatic heterocycles. The van der Waals surface area contributed by atoms with E-state index < -0.39 is 24.0 Å². The van der Waals surface area contributed by atoms with Crippen molar-refractivity contribution in [2.45, 2.75) is 51.2 Å². The van der Waals surface area contributed by atoms with Crippen molar-refractivity contribution in [2.24, 2.45) is 11.7 Å². The molecule has 8 nitrogen and oxygen atoms in total. The number of rotatable bonds is 5. The second-order valence-corrected chi connectivity index (χ2v) is 6.15. The van der Waals surface area contributed by atoms with E-state index in [1.54, 1.807) is 0 Å². The number of hydrogen-bond donors (Lipinski definition) is 3. The Bertz CT molecular complexity index is 497. The van der Waals surface area contributed by atoms with Crippen LogP contribution in [0.3, 0.4) is 0 Å². The molecule has 4 amide bonds. The minimum absolute atomic E-state index is 0.137. The van der Waals surface area contributed by atoms with Crippen LogP contribution in [0, 0.1) is 5.92 Å². The predicted octanol–water partition coefficient (Wildman–Crippen LogP) is -1.51. The van der Waals surface area contributed by atoms with Crippen molar-refractivity contribution in [3.05, 3.63) is 0 Å². The Balaban J connectivity index is 2.03. The van der Waals surface area contributed by atoms with Gasteiger partial charge in [0.25, 0.3) is 0 Å². The monoisotopic (exact) mass is 310 g/mol. The summed E-state index contributed by atoms with van der Waals surface area (Å²) in [6, 6.07) is -1.91. The minimum atomic E-state index is -0.732. The van der Waals surface area contributed by atoms with Gasteiger partial charge in [-0.25, -0.2) is 0 Å². The number of primary amides is 1. The van der Waals surface area contributed by atoms with E-state index in [-0.39, 0.29) is 30.1 Å². The van der Waals surface area contributed by atoms with Crippen molar-refractivity contribution < 1.29 is 19.2 Å². The van der Waals surface area contributed by atoms with E-state index >= 15 is 0 Å². The van der Waals surface area contributed by atoms with Crippen LogP contribution in [0.1, 0.15) is 33.1 Å². The molecule has 3 atom stereocenters. The predicted molar refractivity (Wildman–Crippen MR) is 77.2 cm³/mol. The number of β-lactam (4-membered cyclic amide) rings is 1. The molecule has 2 rings (SSSR count). The molecule has 0 aliphatic carbocycles. The van der Waals surface area contributed by atoms with E-state index in [0.29, 0.717) is 13.0 Å². The highest BCUT2D eigenvalue weighted by atomic mass is 16.2. The topological polar surface area (TPSA) is 122 Å². The average Bonchev–Trinajstić information content (AvgIpc) is 2.89. The molecule has 0 aromatic rings. The first-order chi connectivity index (χ1) is 10.3. The van der Waals surface area contributed by atoms with Gasteiger partial charge in [0, 0.05) is 6.54 Å². The molecule has 0 bridgehead atoms. The van der Waals surface area contributed by atoms with Crippen LogP contribution in [0.5, 0.6) is 0 Å². The zero-order valence-electron chi connectivity index (χ0n) is 12.8. The summed E-state index contributed by atoms with van der Waals surface area (Å²) in [5, 5.41) is 5.15. The maximum Gasteiger partial charge on any atom is 0.246 e. The molecule has 2 heterocycles. The van der Waals surface area contributed by atoms with Gasteiger partial charge >= 0.3 is 0 Å². The van der Waals surface area contributed by atoms with Gasteiger partial charge in [-0.2, -0.15) is 0 Å². The van der Waals surface area contributed by atoms with Crippen molar-refractivity contribution in [1.82, 2.24) is 15.5 Å². The van der Waals surface area contributed by atoms with Crippen LogP contribution in [0.25, 0.3) is 0 Å². The number of nitrogens with one attached hydrogen (secondary N) is 2. The smallest absolute Gasteiger partial charge is 0.246 e. The summed E-state index contributed by atoms with van der Waals surface area (Å²) in [6.45, 7) is 4.10. The lowest BCUT2D eigenvalue weighted by Crippen LogP contribution is -2.61. The van der Waals surface area contributed by atoms with Crippen molar-refractivity contribution in [1.29, 1.82) is 0 Å². The molecule has 0 spiro atoms. The number of hydrogen-bond acceptors (Lipinski definition) is 4. The molecule has 122 valence electrons. The van der Waals surface area contributed by atoms with E-state index in [4.69, 9.17) is 5.73 Å². The van der Waals surface area contributed by atoms with Gasteiger partial charge in [0.1, 0.15) is 18.1 Å². The Labute approximate surface area is 128 Å². The lowest BCUT2D eigenvalue weighted by atomic mass is 9.99. The van der Waals surface area contributed by atoms with Crippen LogP contribution in [0.15, 0.2) is 0 Å². The van der Waals surface area contributed by atoms with Crippen molar-refractivity contribution in [3.8, 4) is 0 Å². The Hall–Kier alpha value is -2.12. The van der Waals surface area contributed by atoms with Gasteiger partial charge in [-0.05, 0) is 18.8 Å². The molecular weight excluding hydrogens is 288 g/mol. The normalized spacial score (nSPS) is 25.4. The number of likely N-dealkylation sites (tertiary alicyclic amines) is 1. The van der Waals surface area contributed by atoms with Gasteiger partial charge in [0.15, 0.2) is 0 Å². The number of nitrogens with zero attached hydrogens (tertiary/aromatic N) is 1. The summed E-state index contributed by atoms with van der Waals surface area (Å²) in [6.07, 6.45) is 1.41. The Morgan fingerprint density at radius 1 is 1.36 bits per heavy atom. The van der Waals surface area contributed by atoms with Crippen molar-refractivity contribution >= 4 is 23.6 Å². The van der Waals surface area contributed by atoms with Crippen LogP contribution in [-0.2, 0) is 19.2 Å². The first kappa shape index (κ1) is 16.3. The molecule has 2 saturated heterocycles. The Morgan fingerprint density at radius 3 is 2.50 bits per heavy atom. The molecule has 22 heavy (non-hydrogen) atoms. The van der Waals surface area contributed by atoms with Gasteiger partial charge in [-0.15, -0.1) is 0 Å². The fourth-order valence-corrected chi connectivity index (χ4v) is 2.79. The van der Waals surface area contributed by atoms with Gasteiger partial charge < -0.3 is 21.3 Å². The van der Waals surface area contributed by atoms with Gasteiger partial charge in [-0.3, -0.25) is 19.2 Å². The summed E-state index contributed by atoms with van der Waals surface area (Å²) < 4.78 is 0. The largest absolute Gasteiger partial charge is 0.368 e. The highest BCUT2D eigenvalue weighted by Gasteiger charge is 2.39. The third kappa shape index (κ3) is 3.20. The number of nitrogens with two attached hydrogens (primary N) is 1. The Morgan fingerprint density at radius 2 is 2.00 bits per heavy atom. The third-order valence-electron chi connectivity index (χ3n) is 4.14. The summed E-state index contributed by atoms with van der Waals surface area (Å²) in [5.74, 6) is -1.51. The van der Waals surface area contributed by atoms with Gasteiger partial charge in [0.05, 0.1) is 6.42 Å². The van der Waals surface area contributed by atoms with Crippen molar-refractivity contribution in [3.63, 3.8) is 0 Å². The van der Waals surface area contributed by atoms with E-state index in [1.807, 2.05) is 13.8 Å². The molecule has 8 heteroatoms. The highest BCUT2D eigenvalue weighted by molar-refractivity contribution is 5.99. The first-order valence-electron chi connectivity index (χ1n) is 7.50. The summed E-state index contributed by atoms with van der Waals surface area (Å²) in [5.41, 5.74) is 5.33. The first-order valence-corrected chi connectivity index (χ1v) is 7.50. The zero-order valence-corrected chi connectivity index (χ0v) is 12.8. The minimum Gasteiger partial charge on any atom is -0.368 e. The number of carbonyl (C=O) groups excluding carboxylic acids is 4. The second kappa shape index (κ2) is 6.33. The quantitative estimate of drug-likeness (QED) is 0.534. The van der Waals surface area contributed by atoms with Gasteiger partial charge in [-0.1, -0.05) is 13.8 Å². The molecule has 2 aliphatic heterocycles. The maximum absolute atomic E-state index is 12.6. The second-order valence-electron chi connectivity index (χ2n) is 6.15. The van der Waals surface area contributed by atoms with Crippen molar-refractivity contribution in [2.75, 3.05) is 6.54 Å². The van der Waals surface area contributed by atoms with Crippen LogP contribution >= 0.6 is 0 Å². The Kier molecular flexibility index (Phi) is 4.68. The van der Waals surface area contributed by atoms with Crippen LogP contribution in [0.4, 0.5) is 0 Å². The molecular formula is C14H22N4O4. The molecule has 2 fully saturated rings. The van der Waals surface area contributed by atoms with Crippen LogP contribution in [-0.4, -0.2) is 53.2 Å². The van der Waals surface area contributed by atoms with E-state index in [0.717, 1.165) is 6.42 Å². The molecule has 0 aromatic carbocycles. The number of carbonyl (C=O) groups is 4. The maximum atomic E-state index is 12.6. The highest BCUT2D eigenvalue weighted by Crippen LogP contribution is 2.20. The third-order valence-corrected chi connectivity index (χ3v) is 4.14. The van der Waals surface area contributed by atoms with E-state index in [2.05, 4.69) is 10.6 Å². The zero-order chi connectivity index (χ0) is 16.4. The summed E-state index contributed by atoms with van der Waals surface area (Å²) >= 11 is 0. The van der Waals surface area contributed by atoms with E-state index in [9.17, 15) is 19.2 Å². The molecule has 3 unspecified atom stereocenters. The van der Waals surface area contributed by atoms with E-state index in [1.165, 1.54) is 4.90 Å². The van der Waals surface area contributed by atoms with Crippen LogP contribution in [0.2, 0.25) is 0 Å². The fraction of sp³-hybridized carbons (Fsp3) is 0.714. The lowest BCUT2D eigenvalue weighted by Gasteiger charge is -2.32. The molecule has 0 saturated carbocycles. The standard InChI is InChI=1S/C14H22N4O4/c1-7(2)11(17-13(21)8-6-10(19)16-8)14(22)18-5-3-4-9(18)12(15)20/h7-9,11H,3-6H2,1-2H3,(H2,15,20)(H,16,19)(H,17,21). The molecule has 4 N–H and O–H groups in total. The molecule has 0 radical (unpaired) electrons. The SMILES string of the molecule is CC(C)C(NC(=O)C1CC(=O)N1)C(=O)N1CCCC1C(N)=O. The fourth-order valence-electron chi connectivity index (χ4n) is 2.79. The molecule has 2 aliphatic rings. The van der Waals surface area contributed by atoms with Gasteiger partial charge in [0.2, 0.25) is 23.6 Å². The summed E-state index contributed by atoms with van der Waals surface area (Å²) in [4.78, 5) is 48.4.